The molecule has 1 aliphatic heterocycles. The van der Waals surface area contributed by atoms with Gasteiger partial charge in [0.15, 0.2) is 0 Å². The van der Waals surface area contributed by atoms with E-state index in [1.807, 2.05) is 6.20 Å². The van der Waals surface area contributed by atoms with Gasteiger partial charge in [-0.25, -0.2) is 0 Å². The van der Waals surface area contributed by atoms with Crippen LogP contribution in [0.15, 0.2) is 48.7 Å². The first kappa shape index (κ1) is 19.4. The summed E-state index contributed by atoms with van der Waals surface area (Å²) >= 11 is 0. The van der Waals surface area contributed by atoms with Gasteiger partial charge >= 0.3 is 0 Å². The molecule has 1 saturated heterocycles. The highest BCUT2D eigenvalue weighted by Crippen LogP contribution is 2.26. The Bertz CT molecular complexity index is 956. The second-order valence-corrected chi connectivity index (χ2v) is 7.29. The van der Waals surface area contributed by atoms with Crippen LogP contribution >= 0.6 is 12.4 Å². The molecule has 0 unspecified atom stereocenters. The number of hydrogen-bond donors (Lipinski definition) is 0. The van der Waals surface area contributed by atoms with Crippen LogP contribution in [-0.4, -0.2) is 18.1 Å². The van der Waals surface area contributed by atoms with Crippen molar-refractivity contribution in [1.82, 2.24) is 4.98 Å². The highest BCUT2D eigenvalue weighted by molar-refractivity contribution is 5.94. The van der Waals surface area contributed by atoms with Crippen LogP contribution in [-0.2, 0) is 0 Å². The first-order valence-electron chi connectivity index (χ1n) is 9.60. The lowest BCUT2D eigenvalue weighted by Gasteiger charge is -2.30. The number of benzene rings is 2. The summed E-state index contributed by atoms with van der Waals surface area (Å²) in [4.78, 5) is 7.15. The first-order chi connectivity index (χ1) is 12.7. The second kappa shape index (κ2) is 8.58. The minimum Gasteiger partial charge on any atom is -0.371 e. The number of aromatic nitrogens is 1. The van der Waals surface area contributed by atoms with Crippen LogP contribution in [0.2, 0.25) is 0 Å². The second-order valence-electron chi connectivity index (χ2n) is 7.29. The van der Waals surface area contributed by atoms with E-state index in [4.69, 9.17) is 0 Å². The molecule has 0 amide bonds. The Hall–Kier alpha value is -2.32. The summed E-state index contributed by atoms with van der Waals surface area (Å²) in [6.45, 7) is 6.66. The Morgan fingerprint density at radius 1 is 0.852 bits per heavy atom. The van der Waals surface area contributed by atoms with Gasteiger partial charge in [0.2, 0.25) is 0 Å². The number of aryl methyl sites for hydroxylation is 2. The summed E-state index contributed by atoms with van der Waals surface area (Å²) in [6.07, 6.45) is 10.3. The Morgan fingerprint density at radius 3 is 2.37 bits per heavy atom. The summed E-state index contributed by atoms with van der Waals surface area (Å²) in [5, 5.41) is 2.62. The highest BCUT2D eigenvalue weighted by Gasteiger charge is 2.13. The molecule has 0 spiro atoms. The Labute approximate surface area is 168 Å². The number of piperidine rings is 1. The zero-order valence-electron chi connectivity index (χ0n) is 16.1. The largest absolute Gasteiger partial charge is 0.371 e. The van der Waals surface area contributed by atoms with Gasteiger partial charge in [-0.2, -0.15) is 0 Å². The average Bonchev–Trinajstić information content (AvgIpc) is 2.69. The summed E-state index contributed by atoms with van der Waals surface area (Å²) in [6, 6.07) is 15.3. The van der Waals surface area contributed by atoms with Crippen LogP contribution in [0.3, 0.4) is 0 Å². The monoisotopic (exact) mass is 378 g/mol. The third-order valence-corrected chi connectivity index (χ3v) is 5.40. The van der Waals surface area contributed by atoms with Crippen LogP contribution in [0.5, 0.6) is 0 Å². The van der Waals surface area contributed by atoms with Gasteiger partial charge in [-0.3, -0.25) is 4.98 Å². The number of halogens is 1. The van der Waals surface area contributed by atoms with Crippen molar-refractivity contribution >= 4 is 41.0 Å². The van der Waals surface area contributed by atoms with E-state index in [9.17, 15) is 0 Å². The van der Waals surface area contributed by atoms with E-state index in [1.165, 1.54) is 52.4 Å². The molecule has 0 N–H and O–H groups in total. The smallest absolute Gasteiger partial charge is 0.0650 e. The molecular weight excluding hydrogens is 352 g/mol. The quantitative estimate of drug-likeness (QED) is 0.521. The van der Waals surface area contributed by atoms with Crippen molar-refractivity contribution < 1.29 is 0 Å². The van der Waals surface area contributed by atoms with Gasteiger partial charge in [0.1, 0.15) is 0 Å². The third kappa shape index (κ3) is 4.17. The van der Waals surface area contributed by atoms with Crippen molar-refractivity contribution in [3.8, 4) is 0 Å². The van der Waals surface area contributed by atoms with Gasteiger partial charge in [-0.1, -0.05) is 42.5 Å². The van der Waals surface area contributed by atoms with Gasteiger partial charge in [-0.05, 0) is 72.7 Å². The molecule has 0 atom stereocenters. The zero-order chi connectivity index (χ0) is 17.9. The Balaban J connectivity index is 0.00000210. The average molecular weight is 379 g/mol. The number of hydrogen-bond acceptors (Lipinski definition) is 2. The lowest BCUT2D eigenvalue weighted by molar-refractivity contribution is 0.577. The van der Waals surface area contributed by atoms with E-state index in [-0.39, 0.29) is 12.4 Å². The van der Waals surface area contributed by atoms with Crippen LogP contribution in [0.4, 0.5) is 5.69 Å². The minimum atomic E-state index is 0. The molecule has 140 valence electrons. The molecule has 0 saturated carbocycles. The van der Waals surface area contributed by atoms with Crippen LogP contribution in [0.1, 0.15) is 41.6 Å². The molecule has 2 aromatic carbocycles. The summed E-state index contributed by atoms with van der Waals surface area (Å²) < 4.78 is 0. The number of anilines is 1. The molecular formula is C24H27ClN2. The highest BCUT2D eigenvalue weighted by atomic mass is 35.5. The summed E-state index contributed by atoms with van der Waals surface area (Å²) in [5.74, 6) is 0. The molecule has 1 fully saturated rings. The van der Waals surface area contributed by atoms with Crippen molar-refractivity contribution in [2.24, 2.45) is 0 Å². The van der Waals surface area contributed by atoms with Crippen molar-refractivity contribution in [2.75, 3.05) is 18.0 Å². The van der Waals surface area contributed by atoms with Crippen molar-refractivity contribution in [1.29, 1.82) is 0 Å². The predicted octanol–water partition coefficient (Wildman–Crippen LogP) is 6.43. The van der Waals surface area contributed by atoms with E-state index in [0.29, 0.717) is 0 Å². The third-order valence-electron chi connectivity index (χ3n) is 5.40. The van der Waals surface area contributed by atoms with Crippen LogP contribution < -0.4 is 4.90 Å². The maximum absolute atomic E-state index is 4.63. The zero-order valence-corrected chi connectivity index (χ0v) is 16.9. The van der Waals surface area contributed by atoms with Crippen molar-refractivity contribution in [2.45, 2.75) is 33.1 Å². The summed E-state index contributed by atoms with van der Waals surface area (Å²) in [5.41, 5.74) is 6.20. The molecule has 4 rings (SSSR count). The number of fused-ring (bicyclic) bond motifs is 1. The van der Waals surface area contributed by atoms with E-state index in [2.05, 4.69) is 78.3 Å². The standard InChI is InChI=1S/C24H26N2.ClH/c1-18-10-11-20(23-9-5-4-8-22(18)23)12-13-21-16-24(19(2)17-25-21)26-14-6-3-7-15-26;/h4-5,8-13,16-17H,3,6-7,14-15H2,1-2H3;1H/b13-12-;. The van der Waals surface area contributed by atoms with E-state index >= 15 is 0 Å². The Kier molecular flexibility index (Phi) is 6.18. The fourth-order valence-corrected chi connectivity index (χ4v) is 3.89. The van der Waals surface area contributed by atoms with Gasteiger partial charge in [0.25, 0.3) is 0 Å². The molecule has 0 radical (unpaired) electrons. The molecule has 3 heteroatoms. The normalized spacial score (nSPS) is 14.5. The van der Waals surface area contributed by atoms with Crippen molar-refractivity contribution in [3.63, 3.8) is 0 Å². The molecule has 27 heavy (non-hydrogen) atoms. The molecule has 3 aromatic rings. The van der Waals surface area contributed by atoms with E-state index in [0.717, 1.165) is 18.8 Å². The fraction of sp³-hybridized carbons (Fsp3) is 0.292. The van der Waals surface area contributed by atoms with Gasteiger partial charge in [0.05, 0.1) is 5.69 Å². The fourth-order valence-electron chi connectivity index (χ4n) is 3.89. The van der Waals surface area contributed by atoms with Gasteiger partial charge in [-0.15, -0.1) is 12.4 Å². The topological polar surface area (TPSA) is 16.1 Å². The number of pyridine rings is 1. The molecule has 2 nitrogen and oxygen atoms in total. The number of rotatable bonds is 3. The first-order valence-corrected chi connectivity index (χ1v) is 9.60. The van der Waals surface area contributed by atoms with Crippen molar-refractivity contribution in [3.05, 3.63) is 71.0 Å². The lowest BCUT2D eigenvalue weighted by atomic mass is 10.00. The summed E-state index contributed by atoms with van der Waals surface area (Å²) in [7, 11) is 0. The molecule has 0 bridgehead atoms. The van der Waals surface area contributed by atoms with Crippen LogP contribution in [0.25, 0.3) is 22.9 Å². The minimum absolute atomic E-state index is 0. The molecule has 2 heterocycles. The molecule has 0 aliphatic carbocycles. The van der Waals surface area contributed by atoms with Gasteiger partial charge < -0.3 is 4.90 Å². The SMILES string of the molecule is Cc1cnc(/C=C\c2ccc(C)c3ccccc23)cc1N1CCCCC1.Cl. The molecule has 1 aromatic heterocycles. The number of nitrogens with zero attached hydrogens (tertiary/aromatic N) is 2. The van der Waals surface area contributed by atoms with E-state index in [1.54, 1.807) is 0 Å². The van der Waals surface area contributed by atoms with Gasteiger partial charge in [0, 0.05) is 25.0 Å². The predicted molar refractivity (Wildman–Crippen MR) is 120 cm³/mol. The maximum Gasteiger partial charge on any atom is 0.0650 e. The van der Waals surface area contributed by atoms with E-state index < -0.39 is 0 Å². The van der Waals surface area contributed by atoms with Crippen LogP contribution in [0, 0.1) is 13.8 Å². The molecule has 1 aliphatic rings. The maximum atomic E-state index is 4.63. The Morgan fingerprint density at radius 2 is 1.59 bits per heavy atom. The lowest BCUT2D eigenvalue weighted by Crippen LogP contribution is -2.30.